The highest BCUT2D eigenvalue weighted by Crippen LogP contribution is 2.30. The van der Waals surface area contributed by atoms with Crippen molar-refractivity contribution in [1.29, 1.82) is 0 Å². The van der Waals surface area contributed by atoms with Crippen LogP contribution in [0.25, 0.3) is 22.3 Å². The summed E-state index contributed by atoms with van der Waals surface area (Å²) in [5.41, 5.74) is 1.67. The summed E-state index contributed by atoms with van der Waals surface area (Å²) in [7, 11) is 0. The van der Waals surface area contributed by atoms with Crippen LogP contribution >= 0.6 is 11.6 Å². The normalized spacial score (nSPS) is 11.0. The topological polar surface area (TPSA) is 50.4 Å². The highest BCUT2D eigenvalue weighted by atomic mass is 35.5. The van der Waals surface area contributed by atoms with E-state index in [0.717, 1.165) is 12.0 Å². The van der Waals surface area contributed by atoms with Crippen molar-refractivity contribution in [2.75, 3.05) is 0 Å². The van der Waals surface area contributed by atoms with E-state index < -0.39 is 5.43 Å². The maximum atomic E-state index is 12.3. The van der Waals surface area contributed by atoms with Gasteiger partial charge in [0.1, 0.15) is 5.58 Å². The summed E-state index contributed by atoms with van der Waals surface area (Å²) in [4.78, 5) is 12.3. The molecule has 1 aromatic heterocycles. The van der Waals surface area contributed by atoms with Gasteiger partial charge >= 0.3 is 0 Å². The van der Waals surface area contributed by atoms with Crippen LogP contribution in [-0.2, 0) is 6.42 Å². The third-order valence-corrected chi connectivity index (χ3v) is 3.70. The molecule has 1 heterocycles. The SMILES string of the molecule is CCc1ccc2oc(-c3ccc(Cl)cc3)c(O)c(=O)c2c1. The molecule has 0 aliphatic heterocycles. The second kappa shape index (κ2) is 5.26. The number of aromatic hydroxyl groups is 1. The lowest BCUT2D eigenvalue weighted by Gasteiger charge is -2.07. The van der Waals surface area contributed by atoms with Crippen LogP contribution in [0.4, 0.5) is 0 Å². The zero-order valence-electron chi connectivity index (χ0n) is 11.4. The highest BCUT2D eigenvalue weighted by molar-refractivity contribution is 6.30. The molecule has 21 heavy (non-hydrogen) atoms. The van der Waals surface area contributed by atoms with E-state index in [0.29, 0.717) is 21.6 Å². The van der Waals surface area contributed by atoms with Gasteiger partial charge < -0.3 is 9.52 Å². The van der Waals surface area contributed by atoms with Crippen molar-refractivity contribution in [2.24, 2.45) is 0 Å². The Hall–Kier alpha value is -2.26. The van der Waals surface area contributed by atoms with Gasteiger partial charge in [-0.25, -0.2) is 0 Å². The molecule has 0 saturated heterocycles. The van der Waals surface area contributed by atoms with Crippen LogP contribution in [0.3, 0.4) is 0 Å². The lowest BCUT2D eigenvalue weighted by Crippen LogP contribution is -2.03. The van der Waals surface area contributed by atoms with Gasteiger partial charge in [-0.15, -0.1) is 0 Å². The van der Waals surface area contributed by atoms with Crippen LogP contribution in [0.2, 0.25) is 5.02 Å². The quantitative estimate of drug-likeness (QED) is 0.764. The second-order valence-corrected chi connectivity index (χ2v) is 5.24. The maximum absolute atomic E-state index is 12.3. The molecule has 3 aromatic rings. The largest absolute Gasteiger partial charge is 0.502 e. The Bertz CT molecular complexity index is 864. The van der Waals surface area contributed by atoms with Crippen molar-refractivity contribution in [1.82, 2.24) is 0 Å². The number of rotatable bonds is 2. The molecule has 0 spiro atoms. The Morgan fingerprint density at radius 1 is 1.14 bits per heavy atom. The monoisotopic (exact) mass is 300 g/mol. The minimum atomic E-state index is -0.420. The molecule has 3 nitrogen and oxygen atoms in total. The standard InChI is InChI=1S/C17H13ClO3/c1-2-10-3-8-14-13(9-10)15(19)16(20)17(21-14)11-4-6-12(18)7-5-11/h3-9,20H,2H2,1H3. The predicted molar refractivity (Wildman–Crippen MR) is 84.0 cm³/mol. The van der Waals surface area contributed by atoms with Gasteiger partial charge in [0, 0.05) is 10.6 Å². The lowest BCUT2D eigenvalue weighted by atomic mass is 10.1. The molecule has 0 unspecified atom stereocenters. The van der Waals surface area contributed by atoms with Crippen LogP contribution in [0, 0.1) is 0 Å². The molecular weight excluding hydrogens is 288 g/mol. The van der Waals surface area contributed by atoms with Gasteiger partial charge in [-0.2, -0.15) is 0 Å². The first-order valence-corrected chi connectivity index (χ1v) is 7.02. The average Bonchev–Trinajstić information content (AvgIpc) is 2.51. The molecule has 0 aliphatic rings. The summed E-state index contributed by atoms with van der Waals surface area (Å²) < 4.78 is 5.71. The fourth-order valence-corrected chi connectivity index (χ4v) is 2.38. The molecule has 3 rings (SSSR count). The molecule has 106 valence electrons. The molecule has 2 aromatic carbocycles. The molecule has 1 N–H and O–H groups in total. The Morgan fingerprint density at radius 3 is 2.52 bits per heavy atom. The summed E-state index contributed by atoms with van der Waals surface area (Å²) in [6.07, 6.45) is 0.815. The Balaban J connectivity index is 2.28. The van der Waals surface area contributed by atoms with Gasteiger partial charge in [0.25, 0.3) is 0 Å². The first kappa shape index (κ1) is 13.7. The van der Waals surface area contributed by atoms with Crippen LogP contribution in [0.5, 0.6) is 5.75 Å². The lowest BCUT2D eigenvalue weighted by molar-refractivity contribution is 0.449. The van der Waals surface area contributed by atoms with Gasteiger partial charge in [-0.05, 0) is 48.4 Å². The van der Waals surface area contributed by atoms with Crippen LogP contribution in [0.15, 0.2) is 51.7 Å². The highest BCUT2D eigenvalue weighted by Gasteiger charge is 2.15. The molecule has 0 bridgehead atoms. The first-order valence-electron chi connectivity index (χ1n) is 6.65. The molecule has 0 fully saturated rings. The van der Waals surface area contributed by atoms with Crippen molar-refractivity contribution in [2.45, 2.75) is 13.3 Å². The molecular formula is C17H13ClO3. The maximum Gasteiger partial charge on any atom is 0.235 e. The summed E-state index contributed by atoms with van der Waals surface area (Å²) in [5, 5.41) is 11.1. The van der Waals surface area contributed by atoms with Crippen molar-refractivity contribution >= 4 is 22.6 Å². The summed E-state index contributed by atoms with van der Waals surface area (Å²) in [5.74, 6) is -0.216. The van der Waals surface area contributed by atoms with Gasteiger partial charge in [-0.1, -0.05) is 24.6 Å². The molecule has 0 saturated carbocycles. The number of aryl methyl sites for hydroxylation is 1. The van der Waals surface area contributed by atoms with Crippen molar-refractivity contribution < 1.29 is 9.52 Å². The Labute approximate surface area is 126 Å². The van der Waals surface area contributed by atoms with Crippen molar-refractivity contribution in [3.63, 3.8) is 0 Å². The number of halogens is 1. The first-order chi connectivity index (χ1) is 10.1. The third kappa shape index (κ3) is 2.41. The fourth-order valence-electron chi connectivity index (χ4n) is 2.25. The third-order valence-electron chi connectivity index (χ3n) is 3.45. The van der Waals surface area contributed by atoms with Crippen LogP contribution in [-0.4, -0.2) is 5.11 Å². The summed E-state index contributed by atoms with van der Waals surface area (Å²) in [6, 6.07) is 12.2. The minimum Gasteiger partial charge on any atom is -0.502 e. The fraction of sp³-hybridized carbons (Fsp3) is 0.118. The van der Waals surface area contributed by atoms with Crippen molar-refractivity contribution in [3.05, 3.63) is 63.3 Å². The van der Waals surface area contributed by atoms with Crippen LogP contribution < -0.4 is 5.43 Å². The summed E-state index contributed by atoms with van der Waals surface area (Å²) >= 11 is 5.84. The van der Waals surface area contributed by atoms with Crippen LogP contribution in [0.1, 0.15) is 12.5 Å². The number of benzene rings is 2. The van der Waals surface area contributed by atoms with Gasteiger partial charge in [0.15, 0.2) is 5.76 Å². The molecule has 0 atom stereocenters. The zero-order chi connectivity index (χ0) is 15.0. The number of hydrogen-bond donors (Lipinski definition) is 1. The van der Waals surface area contributed by atoms with E-state index in [2.05, 4.69) is 0 Å². The van der Waals surface area contributed by atoms with E-state index in [9.17, 15) is 9.90 Å². The number of hydrogen-bond acceptors (Lipinski definition) is 3. The predicted octanol–water partition coefficient (Wildman–Crippen LogP) is 4.38. The van der Waals surface area contributed by atoms with Gasteiger partial charge in [0.05, 0.1) is 5.39 Å². The van der Waals surface area contributed by atoms with E-state index in [1.807, 2.05) is 13.0 Å². The van der Waals surface area contributed by atoms with Gasteiger partial charge in [0.2, 0.25) is 11.2 Å². The molecule has 0 amide bonds. The second-order valence-electron chi connectivity index (χ2n) is 4.80. The Kier molecular flexibility index (Phi) is 3.43. The summed E-state index contributed by atoms with van der Waals surface area (Å²) in [6.45, 7) is 2.00. The Morgan fingerprint density at radius 2 is 1.86 bits per heavy atom. The minimum absolute atomic E-state index is 0.161. The van der Waals surface area contributed by atoms with E-state index in [1.165, 1.54) is 0 Å². The van der Waals surface area contributed by atoms with Crippen molar-refractivity contribution in [3.8, 4) is 17.1 Å². The van der Waals surface area contributed by atoms with Gasteiger partial charge in [-0.3, -0.25) is 4.79 Å². The van der Waals surface area contributed by atoms with E-state index in [4.69, 9.17) is 16.0 Å². The molecule has 4 heteroatoms. The van der Waals surface area contributed by atoms with E-state index in [-0.39, 0.29) is 11.5 Å². The molecule has 0 aliphatic carbocycles. The van der Waals surface area contributed by atoms with E-state index >= 15 is 0 Å². The number of fused-ring (bicyclic) bond motifs is 1. The van der Waals surface area contributed by atoms with E-state index in [1.54, 1.807) is 36.4 Å². The molecule has 0 radical (unpaired) electrons. The average molecular weight is 301 g/mol. The smallest absolute Gasteiger partial charge is 0.235 e. The zero-order valence-corrected chi connectivity index (χ0v) is 12.1.